The van der Waals surface area contributed by atoms with Gasteiger partial charge in [-0.1, -0.05) is 0 Å². The van der Waals surface area contributed by atoms with E-state index >= 15 is 0 Å². The molecule has 0 fully saturated rings. The molecule has 68 valence electrons. The summed E-state index contributed by atoms with van der Waals surface area (Å²) in [7, 11) is 1.63. The molecule has 4 heteroatoms. The molecule has 13 heavy (non-hydrogen) atoms. The highest BCUT2D eigenvalue weighted by Crippen LogP contribution is 2.21. The van der Waals surface area contributed by atoms with E-state index in [1.165, 1.54) is 4.90 Å². The van der Waals surface area contributed by atoms with Crippen molar-refractivity contribution in [3.8, 4) is 0 Å². The molecule has 0 atom stereocenters. The summed E-state index contributed by atoms with van der Waals surface area (Å²) < 4.78 is 0. The first-order chi connectivity index (χ1) is 6.20. The Bertz CT molecular complexity index is 408. The van der Waals surface area contributed by atoms with E-state index in [1.54, 1.807) is 13.2 Å². The third kappa shape index (κ3) is 1.14. The Labute approximate surface area is 75.2 Å². The van der Waals surface area contributed by atoms with E-state index in [4.69, 9.17) is 0 Å². The Morgan fingerprint density at radius 3 is 2.92 bits per heavy atom. The zero-order valence-corrected chi connectivity index (χ0v) is 7.33. The minimum absolute atomic E-state index is 0.00389. The summed E-state index contributed by atoms with van der Waals surface area (Å²) in [4.78, 5) is 26.6. The van der Waals surface area contributed by atoms with Crippen molar-refractivity contribution in [3.63, 3.8) is 0 Å². The van der Waals surface area contributed by atoms with E-state index in [-0.39, 0.29) is 11.5 Å². The van der Waals surface area contributed by atoms with Crippen LogP contribution in [-0.2, 0) is 11.2 Å². The van der Waals surface area contributed by atoms with Gasteiger partial charge in [-0.2, -0.15) is 0 Å². The van der Waals surface area contributed by atoms with Gasteiger partial charge >= 0.3 is 0 Å². The van der Waals surface area contributed by atoms with E-state index in [9.17, 15) is 9.59 Å². The molecule has 1 aromatic rings. The normalized spacial score (nSPS) is 15.8. The van der Waals surface area contributed by atoms with Crippen LogP contribution in [0.3, 0.4) is 0 Å². The Balaban J connectivity index is 2.64. The third-order valence-corrected chi connectivity index (χ3v) is 2.34. The van der Waals surface area contributed by atoms with Gasteiger partial charge in [-0.05, 0) is 18.1 Å². The number of H-pyrrole nitrogens is 1. The van der Waals surface area contributed by atoms with E-state index < -0.39 is 0 Å². The highest BCUT2D eigenvalue weighted by Gasteiger charge is 2.22. The minimum Gasteiger partial charge on any atom is -0.327 e. The molecule has 0 saturated heterocycles. The second-order valence-corrected chi connectivity index (χ2v) is 3.13. The molecule has 1 aromatic heterocycles. The maximum Gasteiger partial charge on any atom is 0.272 e. The van der Waals surface area contributed by atoms with Crippen LogP contribution in [0, 0.1) is 0 Å². The Morgan fingerprint density at radius 2 is 2.15 bits per heavy atom. The lowest BCUT2D eigenvalue weighted by atomic mass is 10.0. The van der Waals surface area contributed by atoms with Crippen LogP contribution in [0.2, 0.25) is 0 Å². The van der Waals surface area contributed by atoms with Crippen molar-refractivity contribution in [3.05, 3.63) is 28.2 Å². The van der Waals surface area contributed by atoms with E-state index in [1.807, 2.05) is 6.07 Å². The summed E-state index contributed by atoms with van der Waals surface area (Å²) >= 11 is 0. The number of carbonyl (C=O) groups is 1. The molecule has 0 spiro atoms. The Kier molecular flexibility index (Phi) is 1.69. The van der Waals surface area contributed by atoms with Crippen LogP contribution in [0.1, 0.15) is 12.0 Å². The van der Waals surface area contributed by atoms with Gasteiger partial charge in [0.2, 0.25) is 5.91 Å². The summed E-state index contributed by atoms with van der Waals surface area (Å²) in [6.07, 6.45) is 2.78. The lowest BCUT2D eigenvalue weighted by Crippen LogP contribution is -2.35. The highest BCUT2D eigenvalue weighted by molar-refractivity contribution is 5.95. The lowest BCUT2D eigenvalue weighted by molar-refractivity contribution is -0.118. The van der Waals surface area contributed by atoms with Gasteiger partial charge in [0.25, 0.3) is 5.56 Å². The number of aryl methyl sites for hydroxylation is 1. The zero-order chi connectivity index (χ0) is 9.42. The first-order valence-electron chi connectivity index (χ1n) is 4.17. The molecule has 0 aromatic carbocycles. The first-order valence-corrected chi connectivity index (χ1v) is 4.17. The summed E-state index contributed by atoms with van der Waals surface area (Å²) in [5.41, 5.74) is 1.26. The highest BCUT2D eigenvalue weighted by atomic mass is 16.2. The predicted octanol–water partition coefficient (Wildman–Crippen LogP) is 0.284. The number of nitrogens with one attached hydrogen (secondary N) is 1. The summed E-state index contributed by atoms with van der Waals surface area (Å²) in [6, 6.07) is 1.85. The van der Waals surface area contributed by atoms with Gasteiger partial charge < -0.3 is 9.88 Å². The van der Waals surface area contributed by atoms with Crippen LogP contribution < -0.4 is 10.5 Å². The monoisotopic (exact) mass is 178 g/mol. The fraction of sp³-hybridized carbons (Fsp3) is 0.333. The number of pyridine rings is 1. The molecular formula is C9H10N2O2. The van der Waals surface area contributed by atoms with Crippen LogP contribution in [0.15, 0.2) is 17.1 Å². The van der Waals surface area contributed by atoms with Crippen molar-refractivity contribution in [1.29, 1.82) is 0 Å². The average Bonchev–Trinajstić information content (AvgIpc) is 2.12. The molecule has 0 radical (unpaired) electrons. The van der Waals surface area contributed by atoms with Gasteiger partial charge in [-0.15, -0.1) is 0 Å². The number of aromatic amines is 1. The van der Waals surface area contributed by atoms with Gasteiger partial charge in [-0.25, -0.2) is 0 Å². The van der Waals surface area contributed by atoms with Crippen molar-refractivity contribution in [1.82, 2.24) is 4.98 Å². The molecule has 0 saturated carbocycles. The Hall–Kier alpha value is -1.58. The molecule has 1 aliphatic heterocycles. The second kappa shape index (κ2) is 2.73. The van der Waals surface area contributed by atoms with E-state index in [0.717, 1.165) is 5.56 Å². The van der Waals surface area contributed by atoms with Crippen LogP contribution in [0.25, 0.3) is 0 Å². The lowest BCUT2D eigenvalue weighted by Gasteiger charge is -2.23. The predicted molar refractivity (Wildman–Crippen MR) is 48.8 cm³/mol. The molecular weight excluding hydrogens is 168 g/mol. The number of nitrogens with zero attached hydrogens (tertiary/aromatic N) is 1. The van der Waals surface area contributed by atoms with Crippen molar-refractivity contribution in [2.75, 3.05) is 11.9 Å². The number of aromatic nitrogens is 1. The van der Waals surface area contributed by atoms with Crippen LogP contribution in [-0.4, -0.2) is 17.9 Å². The smallest absolute Gasteiger partial charge is 0.272 e. The molecule has 4 nitrogen and oxygen atoms in total. The topological polar surface area (TPSA) is 53.2 Å². The molecule has 1 amide bonds. The van der Waals surface area contributed by atoms with Crippen LogP contribution >= 0.6 is 0 Å². The first kappa shape index (κ1) is 8.04. The molecule has 1 aliphatic rings. The summed E-state index contributed by atoms with van der Waals surface area (Å²) in [5, 5.41) is 0. The van der Waals surface area contributed by atoms with Crippen molar-refractivity contribution in [2.24, 2.45) is 0 Å². The second-order valence-electron chi connectivity index (χ2n) is 3.13. The number of carbonyl (C=O) groups excluding carboxylic acids is 1. The molecule has 2 heterocycles. The zero-order valence-electron chi connectivity index (χ0n) is 7.33. The van der Waals surface area contributed by atoms with Gasteiger partial charge in [0.1, 0.15) is 5.69 Å². The summed E-state index contributed by atoms with van der Waals surface area (Å²) in [5.74, 6) is 0.00389. The minimum atomic E-state index is -0.187. The quantitative estimate of drug-likeness (QED) is 0.620. The fourth-order valence-corrected chi connectivity index (χ4v) is 1.61. The fourth-order valence-electron chi connectivity index (χ4n) is 1.61. The van der Waals surface area contributed by atoms with E-state index in [2.05, 4.69) is 4.98 Å². The van der Waals surface area contributed by atoms with Gasteiger partial charge in [0.05, 0.1) is 0 Å². The van der Waals surface area contributed by atoms with Gasteiger partial charge in [0, 0.05) is 19.7 Å². The molecule has 1 N–H and O–H groups in total. The molecule has 2 rings (SSSR count). The third-order valence-electron chi connectivity index (χ3n) is 2.34. The van der Waals surface area contributed by atoms with Gasteiger partial charge in [-0.3, -0.25) is 9.59 Å². The number of anilines is 1. The van der Waals surface area contributed by atoms with Crippen molar-refractivity contribution < 1.29 is 4.79 Å². The molecule has 0 unspecified atom stereocenters. The van der Waals surface area contributed by atoms with E-state index in [0.29, 0.717) is 18.5 Å². The molecule has 0 aliphatic carbocycles. The largest absolute Gasteiger partial charge is 0.327 e. The molecule has 0 bridgehead atoms. The Morgan fingerprint density at radius 1 is 1.38 bits per heavy atom. The SMILES string of the molecule is CN1C(=O)CCc2cc[nH]c(=O)c21. The standard InChI is InChI=1S/C9H10N2O2/c1-11-7(12)3-2-6-4-5-10-9(13)8(6)11/h4-5H,2-3H2,1H3,(H,10,13). The number of hydrogen-bond acceptors (Lipinski definition) is 2. The average molecular weight is 178 g/mol. The van der Waals surface area contributed by atoms with Crippen LogP contribution in [0.4, 0.5) is 5.69 Å². The number of rotatable bonds is 0. The van der Waals surface area contributed by atoms with Crippen molar-refractivity contribution in [2.45, 2.75) is 12.8 Å². The number of fused-ring (bicyclic) bond motifs is 1. The van der Waals surface area contributed by atoms with Crippen LogP contribution in [0.5, 0.6) is 0 Å². The maximum atomic E-state index is 11.4. The van der Waals surface area contributed by atoms with Gasteiger partial charge in [0.15, 0.2) is 0 Å². The van der Waals surface area contributed by atoms with Crippen molar-refractivity contribution >= 4 is 11.6 Å². The maximum absolute atomic E-state index is 11.4. The number of hydrogen-bond donors (Lipinski definition) is 1. The summed E-state index contributed by atoms with van der Waals surface area (Å²) in [6.45, 7) is 0. The number of amides is 1.